The molecule has 0 unspecified atom stereocenters. The average Bonchev–Trinajstić information content (AvgIpc) is 2.72. The molecule has 0 aliphatic heterocycles. The molecule has 0 spiro atoms. The molecule has 0 aliphatic carbocycles. The van der Waals surface area contributed by atoms with Crippen molar-refractivity contribution in [1.29, 1.82) is 0 Å². The van der Waals surface area contributed by atoms with Gasteiger partial charge in [-0.25, -0.2) is 4.98 Å². The number of likely N-dealkylation sites (N-methyl/N-ethyl adjacent to an activating group) is 1. The smallest absolute Gasteiger partial charge is 0.140 e. The molecule has 0 aliphatic rings. The fraction of sp³-hybridized carbons (Fsp3) is 0.500. The summed E-state index contributed by atoms with van der Waals surface area (Å²) in [5.41, 5.74) is 2.42. The van der Waals surface area contributed by atoms with Gasteiger partial charge >= 0.3 is 0 Å². The fourth-order valence-electron chi connectivity index (χ4n) is 2.07. The van der Waals surface area contributed by atoms with Crippen LogP contribution in [0.15, 0.2) is 24.5 Å². The minimum absolute atomic E-state index is 0.910. The maximum atomic E-state index is 4.50. The van der Waals surface area contributed by atoms with E-state index in [1.54, 1.807) is 0 Å². The van der Waals surface area contributed by atoms with Gasteiger partial charge in [0.25, 0.3) is 0 Å². The van der Waals surface area contributed by atoms with E-state index in [4.69, 9.17) is 0 Å². The topological polar surface area (TPSA) is 33.1 Å². The molecule has 98 valence electrons. The SMILES string of the molecule is CCNCc1cn(CCN(C)C)c2ncccc12. The van der Waals surface area contributed by atoms with Crippen molar-refractivity contribution < 1.29 is 0 Å². The predicted molar refractivity (Wildman–Crippen MR) is 75.7 cm³/mol. The monoisotopic (exact) mass is 246 g/mol. The summed E-state index contributed by atoms with van der Waals surface area (Å²) in [5, 5.41) is 4.64. The van der Waals surface area contributed by atoms with Crippen LogP contribution in [0.3, 0.4) is 0 Å². The molecule has 2 aromatic heterocycles. The molecule has 0 bridgehead atoms. The summed E-state index contributed by atoms with van der Waals surface area (Å²) in [4.78, 5) is 6.70. The number of nitrogens with zero attached hydrogens (tertiary/aromatic N) is 3. The molecular weight excluding hydrogens is 224 g/mol. The number of fused-ring (bicyclic) bond motifs is 1. The minimum atomic E-state index is 0.910. The van der Waals surface area contributed by atoms with Gasteiger partial charge in [0.1, 0.15) is 5.65 Å². The largest absolute Gasteiger partial charge is 0.331 e. The Morgan fingerprint density at radius 2 is 2.22 bits per heavy atom. The lowest BCUT2D eigenvalue weighted by Crippen LogP contribution is -2.18. The second kappa shape index (κ2) is 5.98. The van der Waals surface area contributed by atoms with Crippen molar-refractivity contribution in [3.05, 3.63) is 30.1 Å². The number of nitrogens with one attached hydrogen (secondary N) is 1. The van der Waals surface area contributed by atoms with Gasteiger partial charge in [-0.1, -0.05) is 6.92 Å². The van der Waals surface area contributed by atoms with E-state index in [1.165, 1.54) is 10.9 Å². The molecule has 0 radical (unpaired) electrons. The summed E-state index contributed by atoms with van der Waals surface area (Å²) in [7, 11) is 4.19. The van der Waals surface area contributed by atoms with Crippen LogP contribution in [-0.4, -0.2) is 41.6 Å². The first-order chi connectivity index (χ1) is 8.72. The number of pyridine rings is 1. The van der Waals surface area contributed by atoms with Crippen LogP contribution in [0.1, 0.15) is 12.5 Å². The van der Waals surface area contributed by atoms with Crippen LogP contribution >= 0.6 is 0 Å². The molecule has 0 saturated carbocycles. The maximum absolute atomic E-state index is 4.50. The Bertz CT molecular complexity index is 501. The first kappa shape index (κ1) is 13.1. The summed E-state index contributed by atoms with van der Waals surface area (Å²) in [6.45, 7) is 6.04. The Morgan fingerprint density at radius 3 is 2.94 bits per heavy atom. The minimum Gasteiger partial charge on any atom is -0.331 e. The lowest BCUT2D eigenvalue weighted by Gasteiger charge is -2.10. The summed E-state index contributed by atoms with van der Waals surface area (Å²) in [5.74, 6) is 0. The number of hydrogen-bond donors (Lipinski definition) is 1. The zero-order valence-corrected chi connectivity index (χ0v) is 11.5. The standard InChI is InChI=1S/C14H22N4/c1-4-15-10-12-11-18(9-8-17(2)3)14-13(12)6-5-7-16-14/h5-7,11,15H,4,8-10H2,1-3H3. The second-order valence-electron chi connectivity index (χ2n) is 4.81. The van der Waals surface area contributed by atoms with Gasteiger partial charge in [0.15, 0.2) is 0 Å². The first-order valence-electron chi connectivity index (χ1n) is 6.50. The van der Waals surface area contributed by atoms with E-state index in [0.717, 1.165) is 31.8 Å². The quantitative estimate of drug-likeness (QED) is 0.842. The highest BCUT2D eigenvalue weighted by Gasteiger charge is 2.08. The van der Waals surface area contributed by atoms with Gasteiger partial charge < -0.3 is 14.8 Å². The van der Waals surface area contributed by atoms with Crippen LogP contribution in [0.25, 0.3) is 11.0 Å². The average molecular weight is 246 g/mol. The van der Waals surface area contributed by atoms with E-state index < -0.39 is 0 Å². The number of rotatable bonds is 6. The summed E-state index contributed by atoms with van der Waals surface area (Å²) >= 11 is 0. The molecule has 2 heterocycles. The van der Waals surface area contributed by atoms with Gasteiger partial charge in [-0.05, 0) is 38.3 Å². The Balaban J connectivity index is 2.28. The summed E-state index contributed by atoms with van der Waals surface area (Å²) in [6, 6.07) is 4.16. The number of hydrogen-bond acceptors (Lipinski definition) is 3. The third-order valence-electron chi connectivity index (χ3n) is 3.07. The molecule has 0 amide bonds. The highest BCUT2D eigenvalue weighted by atomic mass is 15.1. The molecule has 4 heteroatoms. The molecule has 1 N–H and O–H groups in total. The maximum Gasteiger partial charge on any atom is 0.140 e. The Morgan fingerprint density at radius 1 is 1.39 bits per heavy atom. The Hall–Kier alpha value is -1.39. The highest BCUT2D eigenvalue weighted by Crippen LogP contribution is 2.19. The second-order valence-corrected chi connectivity index (χ2v) is 4.81. The molecule has 0 atom stereocenters. The summed E-state index contributed by atoms with van der Waals surface area (Å²) < 4.78 is 2.25. The zero-order valence-electron chi connectivity index (χ0n) is 11.5. The van der Waals surface area contributed by atoms with Gasteiger partial charge in [-0.3, -0.25) is 0 Å². The van der Waals surface area contributed by atoms with Crippen molar-refractivity contribution >= 4 is 11.0 Å². The normalized spacial score (nSPS) is 11.6. The first-order valence-corrected chi connectivity index (χ1v) is 6.50. The van der Waals surface area contributed by atoms with Crippen LogP contribution in [0.5, 0.6) is 0 Å². The molecule has 0 aromatic carbocycles. The lowest BCUT2D eigenvalue weighted by molar-refractivity contribution is 0.386. The van der Waals surface area contributed by atoms with E-state index in [0.29, 0.717) is 0 Å². The van der Waals surface area contributed by atoms with Gasteiger partial charge in [0.05, 0.1) is 0 Å². The third-order valence-corrected chi connectivity index (χ3v) is 3.07. The number of aromatic nitrogens is 2. The predicted octanol–water partition coefficient (Wildman–Crippen LogP) is 1.71. The fourth-order valence-corrected chi connectivity index (χ4v) is 2.07. The zero-order chi connectivity index (χ0) is 13.0. The van der Waals surface area contributed by atoms with E-state index in [1.807, 2.05) is 12.3 Å². The molecule has 0 saturated heterocycles. The van der Waals surface area contributed by atoms with Crippen LogP contribution in [0, 0.1) is 0 Å². The Labute approximate surface area is 109 Å². The van der Waals surface area contributed by atoms with Crippen molar-refractivity contribution in [3.8, 4) is 0 Å². The van der Waals surface area contributed by atoms with E-state index in [2.05, 4.69) is 53.1 Å². The van der Waals surface area contributed by atoms with Gasteiger partial charge in [0, 0.05) is 37.4 Å². The van der Waals surface area contributed by atoms with Crippen molar-refractivity contribution in [2.24, 2.45) is 0 Å². The lowest BCUT2D eigenvalue weighted by atomic mass is 10.2. The molecule has 2 rings (SSSR count). The van der Waals surface area contributed by atoms with Crippen molar-refractivity contribution in [2.45, 2.75) is 20.0 Å². The van der Waals surface area contributed by atoms with Crippen LogP contribution in [-0.2, 0) is 13.1 Å². The van der Waals surface area contributed by atoms with Gasteiger partial charge in [-0.15, -0.1) is 0 Å². The van der Waals surface area contributed by atoms with Crippen molar-refractivity contribution in [3.63, 3.8) is 0 Å². The molecule has 2 aromatic rings. The van der Waals surface area contributed by atoms with Crippen molar-refractivity contribution in [2.75, 3.05) is 27.2 Å². The van der Waals surface area contributed by atoms with Crippen LogP contribution in [0.2, 0.25) is 0 Å². The van der Waals surface area contributed by atoms with Crippen LogP contribution in [0.4, 0.5) is 0 Å². The third kappa shape index (κ3) is 2.89. The van der Waals surface area contributed by atoms with E-state index in [9.17, 15) is 0 Å². The summed E-state index contributed by atoms with van der Waals surface area (Å²) in [6.07, 6.45) is 4.09. The molecule has 4 nitrogen and oxygen atoms in total. The molecular formula is C14H22N4. The van der Waals surface area contributed by atoms with Crippen molar-refractivity contribution in [1.82, 2.24) is 19.8 Å². The molecule has 18 heavy (non-hydrogen) atoms. The van der Waals surface area contributed by atoms with Crippen LogP contribution < -0.4 is 5.32 Å². The Kier molecular flexibility index (Phi) is 4.33. The molecule has 0 fully saturated rings. The van der Waals surface area contributed by atoms with E-state index >= 15 is 0 Å². The van der Waals surface area contributed by atoms with Gasteiger partial charge in [-0.2, -0.15) is 0 Å². The highest BCUT2D eigenvalue weighted by molar-refractivity contribution is 5.80. The van der Waals surface area contributed by atoms with E-state index in [-0.39, 0.29) is 0 Å². The van der Waals surface area contributed by atoms with Gasteiger partial charge in [0.2, 0.25) is 0 Å².